The van der Waals surface area contributed by atoms with Gasteiger partial charge in [-0.05, 0) is 53.2 Å². The predicted molar refractivity (Wildman–Crippen MR) is 97.1 cm³/mol. The molecule has 25 heavy (non-hydrogen) atoms. The zero-order valence-electron chi connectivity index (χ0n) is 13.3. The van der Waals surface area contributed by atoms with Crippen molar-refractivity contribution in [1.29, 1.82) is 0 Å². The van der Waals surface area contributed by atoms with E-state index in [9.17, 15) is 4.39 Å². The molecule has 0 saturated heterocycles. The molecule has 0 radical (unpaired) electrons. The number of hydrogen-bond donors (Lipinski definition) is 2. The summed E-state index contributed by atoms with van der Waals surface area (Å²) >= 11 is 3.24. The molecular weight excluding hydrogens is 389 g/mol. The average Bonchev–Trinajstić information content (AvgIpc) is 2.56. The first kappa shape index (κ1) is 17.1. The highest BCUT2D eigenvalue weighted by atomic mass is 79.9. The zero-order chi connectivity index (χ0) is 17.8. The van der Waals surface area contributed by atoms with Crippen LogP contribution in [0.4, 0.5) is 22.0 Å². The lowest BCUT2D eigenvalue weighted by atomic mass is 10.2. The van der Waals surface area contributed by atoms with Gasteiger partial charge in [-0.2, -0.15) is 15.0 Å². The van der Waals surface area contributed by atoms with Crippen LogP contribution in [0.2, 0.25) is 0 Å². The van der Waals surface area contributed by atoms with Crippen molar-refractivity contribution in [3.8, 4) is 5.75 Å². The minimum absolute atomic E-state index is 0.0690. The van der Waals surface area contributed by atoms with Crippen molar-refractivity contribution in [1.82, 2.24) is 15.0 Å². The number of ether oxygens (including phenoxy) is 1. The number of nitrogen functional groups attached to an aromatic ring is 1. The Labute approximate surface area is 152 Å². The first-order valence-electron chi connectivity index (χ1n) is 7.41. The minimum atomic E-state index is -0.354. The molecule has 0 atom stereocenters. The summed E-state index contributed by atoms with van der Waals surface area (Å²) < 4.78 is 19.2. The van der Waals surface area contributed by atoms with Crippen molar-refractivity contribution in [3.63, 3.8) is 0 Å². The highest BCUT2D eigenvalue weighted by Gasteiger charge is 2.08. The third-order valence-electron chi connectivity index (χ3n) is 3.26. The highest BCUT2D eigenvalue weighted by Crippen LogP contribution is 2.26. The van der Waals surface area contributed by atoms with Crippen molar-refractivity contribution in [2.24, 2.45) is 0 Å². The summed E-state index contributed by atoms with van der Waals surface area (Å²) in [4.78, 5) is 12.4. The molecule has 0 aliphatic heterocycles. The molecule has 6 nitrogen and oxygen atoms in total. The van der Waals surface area contributed by atoms with E-state index in [0.29, 0.717) is 22.0 Å². The lowest BCUT2D eigenvalue weighted by Gasteiger charge is -2.10. The Morgan fingerprint density at radius 3 is 2.60 bits per heavy atom. The molecule has 0 aliphatic rings. The zero-order valence-corrected chi connectivity index (χ0v) is 14.9. The third kappa shape index (κ3) is 4.63. The van der Waals surface area contributed by atoms with E-state index in [-0.39, 0.29) is 18.4 Å². The molecule has 0 bridgehead atoms. The maximum atomic E-state index is 13.1. The molecule has 0 fully saturated rings. The summed E-state index contributed by atoms with van der Waals surface area (Å²) in [5, 5.41) is 3.07. The number of nitrogens with one attached hydrogen (secondary N) is 1. The van der Waals surface area contributed by atoms with Gasteiger partial charge in [-0.3, -0.25) is 0 Å². The molecule has 0 unspecified atom stereocenters. The third-order valence-corrected chi connectivity index (χ3v) is 3.88. The Kier molecular flexibility index (Phi) is 5.08. The number of nitrogens with zero attached hydrogens (tertiary/aromatic N) is 3. The summed E-state index contributed by atoms with van der Waals surface area (Å²) in [5.41, 5.74) is 7.73. The maximum Gasteiger partial charge on any atom is 0.232 e. The number of rotatable bonds is 5. The molecule has 1 aromatic heterocycles. The molecule has 0 amide bonds. The smallest absolute Gasteiger partial charge is 0.232 e. The van der Waals surface area contributed by atoms with Gasteiger partial charge >= 0.3 is 0 Å². The van der Waals surface area contributed by atoms with Gasteiger partial charge in [0.25, 0.3) is 0 Å². The van der Waals surface area contributed by atoms with Crippen LogP contribution in [-0.4, -0.2) is 15.0 Å². The highest BCUT2D eigenvalue weighted by molar-refractivity contribution is 9.10. The van der Waals surface area contributed by atoms with E-state index < -0.39 is 0 Å². The molecule has 3 rings (SSSR count). The first-order chi connectivity index (χ1) is 12.0. The van der Waals surface area contributed by atoms with E-state index in [2.05, 4.69) is 36.2 Å². The van der Waals surface area contributed by atoms with Crippen LogP contribution in [0.1, 0.15) is 11.4 Å². The van der Waals surface area contributed by atoms with Gasteiger partial charge in [0.05, 0.1) is 4.47 Å². The normalized spacial score (nSPS) is 10.5. The van der Waals surface area contributed by atoms with Gasteiger partial charge in [-0.25, -0.2) is 4.39 Å². The largest absolute Gasteiger partial charge is 0.484 e. The van der Waals surface area contributed by atoms with Crippen molar-refractivity contribution in [3.05, 3.63) is 64.1 Å². The van der Waals surface area contributed by atoms with E-state index in [1.165, 1.54) is 18.2 Å². The first-order valence-corrected chi connectivity index (χ1v) is 8.21. The van der Waals surface area contributed by atoms with Crippen molar-refractivity contribution >= 4 is 33.5 Å². The van der Waals surface area contributed by atoms with Crippen LogP contribution in [-0.2, 0) is 6.61 Å². The molecule has 0 spiro atoms. The minimum Gasteiger partial charge on any atom is -0.484 e. The second-order valence-corrected chi connectivity index (χ2v) is 6.14. The summed E-state index contributed by atoms with van der Waals surface area (Å²) in [5.74, 6) is 0.898. The van der Waals surface area contributed by atoms with Gasteiger partial charge < -0.3 is 15.8 Å². The van der Waals surface area contributed by atoms with Gasteiger partial charge in [-0.1, -0.05) is 17.7 Å². The number of aryl methyl sites for hydroxylation is 1. The average molecular weight is 404 g/mol. The molecule has 8 heteroatoms. The Morgan fingerprint density at radius 2 is 1.88 bits per heavy atom. The lowest BCUT2D eigenvalue weighted by Crippen LogP contribution is -2.09. The summed E-state index contributed by atoms with van der Waals surface area (Å²) in [6.45, 7) is 2.08. The number of anilines is 3. The second kappa shape index (κ2) is 7.43. The second-order valence-electron chi connectivity index (χ2n) is 5.29. The number of hydrogen-bond acceptors (Lipinski definition) is 6. The van der Waals surface area contributed by atoms with E-state index >= 15 is 0 Å². The summed E-state index contributed by atoms with van der Waals surface area (Å²) in [7, 11) is 0. The van der Waals surface area contributed by atoms with Gasteiger partial charge in [0.1, 0.15) is 18.2 Å². The maximum absolute atomic E-state index is 13.1. The fourth-order valence-corrected chi connectivity index (χ4v) is 2.52. The molecule has 0 saturated carbocycles. The van der Waals surface area contributed by atoms with Gasteiger partial charge in [0.2, 0.25) is 11.9 Å². The molecule has 2 aromatic carbocycles. The van der Waals surface area contributed by atoms with Gasteiger partial charge in [-0.15, -0.1) is 0 Å². The SMILES string of the molecule is Cc1ccc(Nc2nc(N)nc(COc3ccc(F)cc3Br)n2)cc1. The quantitative estimate of drug-likeness (QED) is 0.669. The number of benzene rings is 2. The van der Waals surface area contributed by atoms with Crippen molar-refractivity contribution in [2.45, 2.75) is 13.5 Å². The predicted octanol–water partition coefficient (Wildman–Crippen LogP) is 3.99. The van der Waals surface area contributed by atoms with E-state index in [0.717, 1.165) is 11.3 Å². The Morgan fingerprint density at radius 1 is 1.12 bits per heavy atom. The van der Waals surface area contributed by atoms with Crippen LogP contribution in [0.15, 0.2) is 46.9 Å². The summed E-state index contributed by atoms with van der Waals surface area (Å²) in [6.07, 6.45) is 0. The lowest BCUT2D eigenvalue weighted by molar-refractivity contribution is 0.293. The van der Waals surface area contributed by atoms with Crippen LogP contribution in [0.25, 0.3) is 0 Å². The Balaban J connectivity index is 1.73. The molecule has 3 N–H and O–H groups in total. The molecule has 1 heterocycles. The molecule has 128 valence electrons. The van der Waals surface area contributed by atoms with Crippen molar-refractivity contribution in [2.75, 3.05) is 11.1 Å². The van der Waals surface area contributed by atoms with E-state index in [4.69, 9.17) is 10.5 Å². The standard InChI is InChI=1S/C17H15BrFN5O/c1-10-2-5-12(6-3-10)21-17-23-15(22-16(20)24-17)9-25-14-7-4-11(19)8-13(14)18/h2-8H,9H2,1H3,(H3,20,21,22,23,24). The summed E-state index contributed by atoms with van der Waals surface area (Å²) in [6, 6.07) is 11.9. The van der Waals surface area contributed by atoms with Crippen molar-refractivity contribution < 1.29 is 9.13 Å². The van der Waals surface area contributed by atoms with Crippen LogP contribution >= 0.6 is 15.9 Å². The topological polar surface area (TPSA) is 86.0 Å². The van der Waals surface area contributed by atoms with Crippen LogP contribution in [0.5, 0.6) is 5.75 Å². The van der Waals surface area contributed by atoms with Crippen LogP contribution in [0.3, 0.4) is 0 Å². The van der Waals surface area contributed by atoms with Gasteiger partial charge in [0.15, 0.2) is 5.82 Å². The van der Waals surface area contributed by atoms with E-state index in [1.54, 1.807) is 0 Å². The van der Waals surface area contributed by atoms with E-state index in [1.807, 2.05) is 31.2 Å². The fraction of sp³-hybridized carbons (Fsp3) is 0.118. The number of aromatic nitrogens is 3. The Hall–Kier alpha value is -2.74. The molecular formula is C17H15BrFN5O. The number of nitrogens with two attached hydrogens (primary N) is 1. The fourth-order valence-electron chi connectivity index (χ4n) is 2.06. The monoisotopic (exact) mass is 403 g/mol. The molecule has 0 aliphatic carbocycles. The van der Waals surface area contributed by atoms with Gasteiger partial charge in [0, 0.05) is 5.69 Å². The van der Waals surface area contributed by atoms with Crippen LogP contribution in [0, 0.1) is 12.7 Å². The number of halogens is 2. The Bertz CT molecular complexity index is 889. The van der Waals surface area contributed by atoms with Crippen LogP contribution < -0.4 is 15.8 Å². The molecule has 3 aromatic rings.